The Morgan fingerprint density at radius 1 is 1.29 bits per heavy atom. The van der Waals surface area contributed by atoms with E-state index < -0.39 is 0 Å². The predicted molar refractivity (Wildman–Crippen MR) is 98.3 cm³/mol. The van der Waals surface area contributed by atoms with Gasteiger partial charge in [0.05, 0.1) is 12.2 Å². The molecule has 1 atom stereocenters. The summed E-state index contributed by atoms with van der Waals surface area (Å²) in [7, 11) is 2.21. The summed E-state index contributed by atoms with van der Waals surface area (Å²) < 4.78 is 5.42. The number of aromatic nitrogens is 1. The summed E-state index contributed by atoms with van der Waals surface area (Å²) in [6.45, 7) is 10.9. The Labute approximate surface area is 146 Å². The van der Waals surface area contributed by atoms with Gasteiger partial charge in [0.25, 0.3) is 0 Å². The van der Waals surface area contributed by atoms with Crippen molar-refractivity contribution in [2.45, 2.75) is 72.0 Å². The molecule has 0 radical (unpaired) electrons. The van der Waals surface area contributed by atoms with Crippen LogP contribution in [-0.2, 0) is 19.4 Å². The number of hydrogen-bond acceptors (Lipinski definition) is 4. The first kappa shape index (κ1) is 18.8. The van der Waals surface area contributed by atoms with Crippen LogP contribution in [0.25, 0.3) is 0 Å². The molecule has 1 aliphatic rings. The highest BCUT2D eigenvalue weighted by Gasteiger charge is 2.28. The van der Waals surface area contributed by atoms with Gasteiger partial charge in [0.2, 0.25) is 0 Å². The molecule has 2 N–H and O–H groups in total. The summed E-state index contributed by atoms with van der Waals surface area (Å²) in [5.41, 5.74) is 2.16. The van der Waals surface area contributed by atoms with Crippen LogP contribution in [0.2, 0.25) is 0 Å². The maximum atomic E-state index is 5.42. The quantitative estimate of drug-likeness (QED) is 0.536. The third-order valence-corrected chi connectivity index (χ3v) is 4.73. The molecular weight excluding hydrogens is 302 g/mol. The molecule has 0 aliphatic heterocycles. The minimum atomic E-state index is 0.495. The first-order valence-corrected chi connectivity index (χ1v) is 9.30. The minimum absolute atomic E-state index is 0.495. The maximum Gasteiger partial charge on any atom is 0.191 e. The van der Waals surface area contributed by atoms with E-state index in [4.69, 9.17) is 9.52 Å². The van der Waals surface area contributed by atoms with E-state index in [1.54, 1.807) is 0 Å². The lowest BCUT2D eigenvalue weighted by Crippen LogP contribution is -2.45. The largest absolute Gasteiger partial charge is 0.361 e. The third kappa shape index (κ3) is 4.97. The number of aryl methyl sites for hydroxylation is 2. The molecule has 2 rings (SSSR count). The Morgan fingerprint density at radius 3 is 2.62 bits per heavy atom. The fraction of sp³-hybridized carbons (Fsp3) is 0.778. The van der Waals surface area contributed by atoms with E-state index in [1.165, 1.54) is 12.8 Å². The van der Waals surface area contributed by atoms with Crippen molar-refractivity contribution in [1.29, 1.82) is 0 Å². The molecule has 6 nitrogen and oxygen atoms in total. The van der Waals surface area contributed by atoms with Gasteiger partial charge in [-0.1, -0.05) is 19.0 Å². The second-order valence-corrected chi connectivity index (χ2v) is 6.56. The van der Waals surface area contributed by atoms with Crippen LogP contribution in [0.3, 0.4) is 0 Å². The Hall–Kier alpha value is -1.56. The molecule has 0 spiro atoms. The Kier molecular flexibility index (Phi) is 7.09. The zero-order valence-electron chi connectivity index (χ0n) is 15.9. The number of aliphatic imine (C=N–C) groups is 1. The van der Waals surface area contributed by atoms with Crippen molar-refractivity contribution >= 4 is 5.96 Å². The summed E-state index contributed by atoms with van der Waals surface area (Å²) in [6, 6.07) is 1.27. The maximum absolute atomic E-state index is 5.42. The van der Waals surface area contributed by atoms with E-state index >= 15 is 0 Å². The van der Waals surface area contributed by atoms with Gasteiger partial charge in [0.1, 0.15) is 5.76 Å². The number of hydrogen-bond donors (Lipinski definition) is 2. The topological polar surface area (TPSA) is 65.7 Å². The van der Waals surface area contributed by atoms with Crippen molar-refractivity contribution in [2.24, 2.45) is 4.99 Å². The molecule has 1 aliphatic carbocycles. The Bertz CT molecular complexity index is 514. The molecule has 1 saturated carbocycles. The molecule has 1 unspecified atom stereocenters. The van der Waals surface area contributed by atoms with Gasteiger partial charge in [-0.25, -0.2) is 4.99 Å². The van der Waals surface area contributed by atoms with Crippen molar-refractivity contribution in [3.8, 4) is 0 Å². The first-order chi connectivity index (χ1) is 11.6. The molecule has 136 valence electrons. The van der Waals surface area contributed by atoms with Gasteiger partial charge in [-0.3, -0.25) is 4.90 Å². The molecule has 1 heterocycles. The van der Waals surface area contributed by atoms with Crippen LogP contribution in [0.1, 0.15) is 57.6 Å². The lowest BCUT2D eigenvalue weighted by atomic mass is 10.1. The van der Waals surface area contributed by atoms with Gasteiger partial charge in [-0.15, -0.1) is 0 Å². The number of rotatable bonds is 9. The number of nitrogens with one attached hydrogen (secondary N) is 2. The van der Waals surface area contributed by atoms with Crippen molar-refractivity contribution < 1.29 is 4.52 Å². The average molecular weight is 335 g/mol. The van der Waals surface area contributed by atoms with Crippen molar-refractivity contribution in [3.63, 3.8) is 0 Å². The smallest absolute Gasteiger partial charge is 0.191 e. The van der Waals surface area contributed by atoms with Gasteiger partial charge >= 0.3 is 0 Å². The summed E-state index contributed by atoms with van der Waals surface area (Å²) in [6.07, 6.45) is 4.40. The highest BCUT2D eigenvalue weighted by atomic mass is 16.5. The first-order valence-electron chi connectivity index (χ1n) is 9.30. The monoisotopic (exact) mass is 335 g/mol. The third-order valence-electron chi connectivity index (χ3n) is 4.73. The zero-order chi connectivity index (χ0) is 17.5. The molecule has 0 aromatic carbocycles. The van der Waals surface area contributed by atoms with Crippen LogP contribution < -0.4 is 10.6 Å². The second-order valence-electron chi connectivity index (χ2n) is 6.56. The van der Waals surface area contributed by atoms with Gasteiger partial charge < -0.3 is 15.2 Å². The molecule has 1 aromatic heterocycles. The average Bonchev–Trinajstić information content (AvgIpc) is 3.36. The van der Waals surface area contributed by atoms with Gasteiger partial charge in [-0.05, 0) is 40.2 Å². The highest BCUT2D eigenvalue weighted by Crippen LogP contribution is 2.26. The lowest BCUT2D eigenvalue weighted by Gasteiger charge is -2.25. The second kappa shape index (κ2) is 9.06. The van der Waals surface area contributed by atoms with Crippen LogP contribution in [0.15, 0.2) is 9.52 Å². The number of guanidine groups is 1. The normalized spacial score (nSPS) is 16.5. The predicted octanol–water partition coefficient (Wildman–Crippen LogP) is 2.34. The summed E-state index contributed by atoms with van der Waals surface area (Å²) in [5, 5.41) is 11.0. The summed E-state index contributed by atoms with van der Waals surface area (Å²) in [4.78, 5) is 7.20. The summed E-state index contributed by atoms with van der Waals surface area (Å²) >= 11 is 0. The van der Waals surface area contributed by atoms with Crippen LogP contribution >= 0.6 is 0 Å². The van der Waals surface area contributed by atoms with Crippen molar-refractivity contribution in [1.82, 2.24) is 20.7 Å². The lowest BCUT2D eigenvalue weighted by molar-refractivity contribution is 0.247. The molecule has 1 fully saturated rings. The number of likely N-dealkylation sites (N-methyl/N-ethyl adjacent to an activating group) is 1. The Balaban J connectivity index is 1.96. The van der Waals surface area contributed by atoms with E-state index in [0.717, 1.165) is 55.0 Å². The fourth-order valence-electron chi connectivity index (χ4n) is 2.85. The molecule has 24 heavy (non-hydrogen) atoms. The molecule has 0 bridgehead atoms. The van der Waals surface area contributed by atoms with Crippen molar-refractivity contribution in [2.75, 3.05) is 20.1 Å². The van der Waals surface area contributed by atoms with Gasteiger partial charge in [-0.2, -0.15) is 0 Å². The number of nitrogens with zero attached hydrogens (tertiary/aromatic N) is 3. The standard InChI is InChI=1S/C18H33N5O/c1-6-16-15(17(7-2)24-22-16)12-21-18(19-8-3)20-11-13(4)23(5)14-9-10-14/h13-14H,6-12H2,1-5H3,(H2,19,20,21). The van der Waals surface area contributed by atoms with Crippen LogP contribution in [0.4, 0.5) is 0 Å². The highest BCUT2D eigenvalue weighted by molar-refractivity contribution is 5.79. The van der Waals surface area contributed by atoms with Crippen LogP contribution in [-0.4, -0.2) is 48.2 Å². The SMILES string of the molecule is CCNC(=NCc1c(CC)noc1CC)NCC(C)N(C)C1CC1. The van der Waals surface area contributed by atoms with E-state index in [1.807, 2.05) is 0 Å². The minimum Gasteiger partial charge on any atom is -0.361 e. The summed E-state index contributed by atoms with van der Waals surface area (Å²) in [5.74, 6) is 1.81. The van der Waals surface area contributed by atoms with E-state index in [-0.39, 0.29) is 0 Å². The molecule has 0 saturated heterocycles. The zero-order valence-corrected chi connectivity index (χ0v) is 15.9. The molecule has 6 heteroatoms. The van der Waals surface area contributed by atoms with E-state index in [0.29, 0.717) is 12.6 Å². The van der Waals surface area contributed by atoms with E-state index in [9.17, 15) is 0 Å². The Morgan fingerprint density at radius 2 is 2.04 bits per heavy atom. The van der Waals surface area contributed by atoms with E-state index in [2.05, 4.69) is 55.4 Å². The molecular formula is C18H33N5O. The molecule has 0 amide bonds. The van der Waals surface area contributed by atoms with Crippen molar-refractivity contribution in [3.05, 3.63) is 17.0 Å². The van der Waals surface area contributed by atoms with Crippen LogP contribution in [0.5, 0.6) is 0 Å². The van der Waals surface area contributed by atoms with Gasteiger partial charge in [0.15, 0.2) is 5.96 Å². The molecule has 1 aromatic rings. The fourth-order valence-corrected chi connectivity index (χ4v) is 2.85. The van der Waals surface area contributed by atoms with Gasteiger partial charge in [0, 0.05) is 37.2 Å². The van der Waals surface area contributed by atoms with Crippen LogP contribution in [0, 0.1) is 0 Å².